The number of halogens is 3. The quantitative estimate of drug-likeness (QED) is 0.773. The highest BCUT2D eigenvalue weighted by Gasteiger charge is 2.27. The van der Waals surface area contributed by atoms with Gasteiger partial charge in [0.1, 0.15) is 0 Å². The first-order chi connectivity index (χ1) is 12.9. The summed E-state index contributed by atoms with van der Waals surface area (Å²) in [6.45, 7) is 2.99. The molecule has 1 fully saturated rings. The van der Waals surface area contributed by atoms with Crippen LogP contribution < -0.4 is 0 Å². The average molecular weight is 376 g/mol. The van der Waals surface area contributed by atoms with Crippen molar-refractivity contribution in [1.29, 1.82) is 0 Å². The average Bonchev–Trinajstić information content (AvgIpc) is 2.67. The molecule has 0 radical (unpaired) electrons. The predicted molar refractivity (Wildman–Crippen MR) is 93.7 cm³/mol. The molecule has 0 spiro atoms. The number of hydrogen-bond acceptors (Lipinski definition) is 2. The van der Waals surface area contributed by atoms with E-state index >= 15 is 0 Å². The Balaban J connectivity index is 1.60. The highest BCUT2D eigenvalue weighted by atomic mass is 19.2. The topological polar surface area (TPSA) is 40.6 Å². The first-order valence-electron chi connectivity index (χ1n) is 8.63. The third kappa shape index (κ3) is 4.13. The first-order valence-corrected chi connectivity index (χ1v) is 8.63. The summed E-state index contributed by atoms with van der Waals surface area (Å²) in [5.41, 5.74) is 1.52. The molecule has 0 bridgehead atoms. The Morgan fingerprint density at radius 3 is 2.07 bits per heavy atom. The Labute approximate surface area is 155 Å². The molecule has 1 aliphatic heterocycles. The second-order valence-electron chi connectivity index (χ2n) is 6.56. The van der Waals surface area contributed by atoms with Crippen molar-refractivity contribution in [3.63, 3.8) is 0 Å². The van der Waals surface area contributed by atoms with Gasteiger partial charge in [-0.15, -0.1) is 0 Å². The minimum Gasteiger partial charge on any atom is -0.339 e. The monoisotopic (exact) mass is 376 g/mol. The molecular weight excluding hydrogens is 357 g/mol. The summed E-state index contributed by atoms with van der Waals surface area (Å²) in [6.07, 6.45) is 0.270. The van der Waals surface area contributed by atoms with E-state index in [4.69, 9.17) is 0 Å². The molecule has 142 valence electrons. The van der Waals surface area contributed by atoms with Gasteiger partial charge in [-0.2, -0.15) is 0 Å². The van der Waals surface area contributed by atoms with Crippen LogP contribution in [-0.2, 0) is 11.2 Å². The fourth-order valence-corrected chi connectivity index (χ4v) is 3.01. The third-order valence-electron chi connectivity index (χ3n) is 4.66. The fourth-order valence-electron chi connectivity index (χ4n) is 3.01. The van der Waals surface area contributed by atoms with Crippen molar-refractivity contribution in [2.24, 2.45) is 0 Å². The van der Waals surface area contributed by atoms with Gasteiger partial charge in [-0.25, -0.2) is 13.2 Å². The van der Waals surface area contributed by atoms with Crippen molar-refractivity contribution in [2.45, 2.75) is 13.3 Å². The number of nitrogens with zero attached hydrogens (tertiary/aromatic N) is 2. The van der Waals surface area contributed by atoms with Crippen LogP contribution in [0.1, 0.15) is 21.5 Å². The van der Waals surface area contributed by atoms with Crippen LogP contribution in [0.5, 0.6) is 0 Å². The van der Waals surface area contributed by atoms with Crippen molar-refractivity contribution < 1.29 is 22.8 Å². The molecule has 3 rings (SSSR count). The third-order valence-corrected chi connectivity index (χ3v) is 4.66. The molecule has 1 saturated heterocycles. The van der Waals surface area contributed by atoms with Crippen LogP contribution >= 0.6 is 0 Å². The Bertz CT molecular complexity index is 860. The van der Waals surface area contributed by atoms with Gasteiger partial charge < -0.3 is 9.80 Å². The number of hydrogen-bond donors (Lipinski definition) is 0. The van der Waals surface area contributed by atoms with Crippen LogP contribution in [0.3, 0.4) is 0 Å². The smallest absolute Gasteiger partial charge is 0.257 e. The molecule has 2 aromatic rings. The predicted octanol–water partition coefficient (Wildman–Crippen LogP) is 2.94. The fraction of sp³-hybridized carbons (Fsp3) is 0.300. The minimum absolute atomic E-state index is 0.0510. The maximum Gasteiger partial charge on any atom is 0.257 e. The van der Waals surface area contributed by atoms with Gasteiger partial charge in [0, 0.05) is 26.2 Å². The number of amides is 2. The van der Waals surface area contributed by atoms with Gasteiger partial charge in [0.05, 0.1) is 12.0 Å². The second-order valence-corrected chi connectivity index (χ2v) is 6.56. The van der Waals surface area contributed by atoms with E-state index in [1.165, 1.54) is 4.90 Å². The van der Waals surface area contributed by atoms with Crippen molar-refractivity contribution in [2.75, 3.05) is 26.2 Å². The molecule has 0 saturated carbocycles. The molecule has 4 nitrogen and oxygen atoms in total. The normalized spacial score (nSPS) is 14.4. The number of piperazine rings is 1. The van der Waals surface area contributed by atoms with Crippen molar-refractivity contribution >= 4 is 11.8 Å². The van der Waals surface area contributed by atoms with Crippen LogP contribution in [-0.4, -0.2) is 47.8 Å². The SMILES string of the molecule is Cc1ccc(CC(=O)N2CCN(C(=O)c3ccc(F)c(F)c3F)CC2)cc1. The van der Waals surface area contributed by atoms with E-state index in [2.05, 4.69) is 0 Å². The number of carbonyl (C=O) groups is 2. The Hall–Kier alpha value is -2.83. The Kier molecular flexibility index (Phi) is 5.48. The number of benzene rings is 2. The number of rotatable bonds is 3. The molecule has 0 aliphatic carbocycles. The van der Waals surface area contributed by atoms with Crippen LogP contribution in [0, 0.1) is 24.4 Å². The van der Waals surface area contributed by atoms with E-state index < -0.39 is 28.9 Å². The van der Waals surface area contributed by atoms with Crippen LogP contribution in [0.25, 0.3) is 0 Å². The number of carbonyl (C=O) groups excluding carboxylic acids is 2. The van der Waals surface area contributed by atoms with Crippen LogP contribution in [0.15, 0.2) is 36.4 Å². The van der Waals surface area contributed by atoms with E-state index in [1.807, 2.05) is 31.2 Å². The van der Waals surface area contributed by atoms with Gasteiger partial charge in [-0.3, -0.25) is 9.59 Å². The van der Waals surface area contributed by atoms with E-state index in [1.54, 1.807) is 4.90 Å². The van der Waals surface area contributed by atoms with Gasteiger partial charge in [0.15, 0.2) is 17.5 Å². The molecule has 0 N–H and O–H groups in total. The highest BCUT2D eigenvalue weighted by Crippen LogP contribution is 2.18. The zero-order chi connectivity index (χ0) is 19.6. The zero-order valence-corrected chi connectivity index (χ0v) is 14.8. The van der Waals surface area contributed by atoms with Gasteiger partial charge >= 0.3 is 0 Å². The summed E-state index contributed by atoms with van der Waals surface area (Å²) in [5.74, 6) is -5.25. The lowest BCUT2D eigenvalue weighted by Gasteiger charge is -2.35. The molecule has 0 aromatic heterocycles. The summed E-state index contributed by atoms with van der Waals surface area (Å²) in [5, 5.41) is 0. The lowest BCUT2D eigenvalue weighted by atomic mass is 10.1. The summed E-state index contributed by atoms with van der Waals surface area (Å²) < 4.78 is 40.2. The second kappa shape index (κ2) is 7.82. The van der Waals surface area contributed by atoms with Crippen molar-refractivity contribution in [1.82, 2.24) is 9.80 Å². The maximum atomic E-state index is 13.8. The van der Waals surface area contributed by atoms with Crippen LogP contribution in [0.4, 0.5) is 13.2 Å². The van der Waals surface area contributed by atoms with Gasteiger partial charge in [-0.1, -0.05) is 29.8 Å². The molecule has 7 heteroatoms. The minimum atomic E-state index is -1.66. The first kappa shape index (κ1) is 18.9. The molecule has 1 heterocycles. The van der Waals surface area contributed by atoms with Gasteiger partial charge in [0.25, 0.3) is 5.91 Å². The summed E-state index contributed by atoms with van der Waals surface area (Å²) in [6, 6.07) is 9.35. The van der Waals surface area contributed by atoms with Crippen LogP contribution in [0.2, 0.25) is 0 Å². The lowest BCUT2D eigenvalue weighted by Crippen LogP contribution is -2.51. The molecule has 0 atom stereocenters. The summed E-state index contributed by atoms with van der Waals surface area (Å²) in [7, 11) is 0. The van der Waals surface area contributed by atoms with Crippen molar-refractivity contribution in [3.05, 3.63) is 70.5 Å². The standard InChI is InChI=1S/C20H19F3N2O2/c1-13-2-4-14(5-3-13)12-17(26)24-8-10-25(11-9-24)20(27)15-6-7-16(21)19(23)18(15)22/h2-7H,8-12H2,1H3. The molecular formula is C20H19F3N2O2. The molecule has 0 unspecified atom stereocenters. The Morgan fingerprint density at radius 2 is 1.44 bits per heavy atom. The molecule has 2 aromatic carbocycles. The number of aryl methyl sites for hydroxylation is 1. The maximum absolute atomic E-state index is 13.8. The van der Waals surface area contributed by atoms with E-state index in [0.29, 0.717) is 13.1 Å². The molecule has 27 heavy (non-hydrogen) atoms. The van der Waals surface area contributed by atoms with Crippen molar-refractivity contribution in [3.8, 4) is 0 Å². The largest absolute Gasteiger partial charge is 0.339 e. The molecule has 2 amide bonds. The van der Waals surface area contributed by atoms with E-state index in [-0.39, 0.29) is 25.4 Å². The molecule has 1 aliphatic rings. The zero-order valence-electron chi connectivity index (χ0n) is 14.8. The van der Waals surface area contributed by atoms with Gasteiger partial charge in [-0.05, 0) is 24.6 Å². The summed E-state index contributed by atoms with van der Waals surface area (Å²) >= 11 is 0. The summed E-state index contributed by atoms with van der Waals surface area (Å²) in [4.78, 5) is 27.8. The highest BCUT2D eigenvalue weighted by molar-refractivity contribution is 5.94. The Morgan fingerprint density at radius 1 is 0.852 bits per heavy atom. The lowest BCUT2D eigenvalue weighted by molar-refractivity contribution is -0.131. The van der Waals surface area contributed by atoms with E-state index in [0.717, 1.165) is 23.3 Å². The van der Waals surface area contributed by atoms with Gasteiger partial charge in [0.2, 0.25) is 5.91 Å². The van der Waals surface area contributed by atoms with E-state index in [9.17, 15) is 22.8 Å².